The maximum absolute atomic E-state index is 14.4. The summed E-state index contributed by atoms with van der Waals surface area (Å²) in [6.45, 7) is 4.83. The van der Waals surface area contributed by atoms with E-state index in [1.54, 1.807) is 6.07 Å². The number of carbonyl (C=O) groups excluding carboxylic acids is 2. The first-order valence-corrected chi connectivity index (χ1v) is 11.9. The molecule has 2 aliphatic heterocycles. The molecule has 1 spiro atoms. The van der Waals surface area contributed by atoms with Gasteiger partial charge in [0.15, 0.2) is 0 Å². The van der Waals surface area contributed by atoms with Crippen LogP contribution in [0.25, 0.3) is 0 Å². The Bertz CT molecular complexity index is 1090. The van der Waals surface area contributed by atoms with E-state index < -0.39 is 23.1 Å². The lowest BCUT2D eigenvalue weighted by atomic mass is 9.61. The van der Waals surface area contributed by atoms with Gasteiger partial charge < -0.3 is 15.0 Å². The van der Waals surface area contributed by atoms with Crippen molar-refractivity contribution in [2.24, 2.45) is 5.41 Å². The number of alkyl halides is 3. The molecule has 2 saturated heterocycles. The lowest BCUT2D eigenvalue weighted by molar-refractivity contribution is -0.271. The van der Waals surface area contributed by atoms with E-state index in [9.17, 15) is 22.8 Å². The molecule has 2 atom stereocenters. The Morgan fingerprint density at radius 1 is 1.06 bits per heavy atom. The summed E-state index contributed by atoms with van der Waals surface area (Å²) in [7, 11) is 0.922. The fraction of sp³-hybridized carbons (Fsp3) is 0.481. The summed E-state index contributed by atoms with van der Waals surface area (Å²) >= 11 is 0. The molecular weight excluding hydrogens is 457 g/mol. The van der Waals surface area contributed by atoms with Crippen LogP contribution < -0.4 is 5.32 Å². The lowest BCUT2D eigenvalue weighted by Crippen LogP contribution is -2.60. The van der Waals surface area contributed by atoms with Crippen molar-refractivity contribution in [2.75, 3.05) is 26.7 Å². The molecule has 4 rings (SSSR count). The predicted molar refractivity (Wildman–Crippen MR) is 126 cm³/mol. The van der Waals surface area contributed by atoms with Gasteiger partial charge in [0.25, 0.3) is 11.5 Å². The standard InChI is InChI=1S/C27H31F3N2O3/c1-18-8-7-11-21(19(18)2)22-17-31-23(33)16-25(22)12-14-32(15-13-25)24(34)26(35-3,27(28,29)30)20-9-5-4-6-10-20/h4-11,22H,12-17H2,1-3H3,(H,31,33)/t22-,26-/m1/s1. The summed E-state index contributed by atoms with van der Waals surface area (Å²) in [4.78, 5) is 27.2. The average Bonchev–Trinajstić information content (AvgIpc) is 2.82. The number of rotatable bonds is 4. The van der Waals surface area contributed by atoms with Crippen LogP contribution in [0.15, 0.2) is 48.5 Å². The Labute approximate surface area is 203 Å². The molecule has 0 bridgehead atoms. The average molecular weight is 489 g/mol. The number of aryl methyl sites for hydroxylation is 1. The van der Waals surface area contributed by atoms with Crippen LogP contribution in [0.1, 0.15) is 47.4 Å². The van der Waals surface area contributed by atoms with Gasteiger partial charge in [-0.05, 0) is 48.8 Å². The number of nitrogens with zero attached hydrogens (tertiary/aromatic N) is 1. The molecule has 5 nitrogen and oxygen atoms in total. The maximum atomic E-state index is 14.4. The first-order valence-electron chi connectivity index (χ1n) is 11.9. The Hall–Kier alpha value is -2.87. The predicted octanol–water partition coefficient (Wildman–Crippen LogP) is 4.62. The maximum Gasteiger partial charge on any atom is 0.430 e. The van der Waals surface area contributed by atoms with Gasteiger partial charge in [0.2, 0.25) is 5.91 Å². The van der Waals surface area contributed by atoms with Crippen LogP contribution in [-0.2, 0) is 19.9 Å². The summed E-state index contributed by atoms with van der Waals surface area (Å²) in [5.41, 5.74) is -0.277. The Balaban J connectivity index is 1.64. The molecule has 0 saturated carbocycles. The van der Waals surface area contributed by atoms with Crippen LogP contribution >= 0.6 is 0 Å². The molecule has 35 heavy (non-hydrogen) atoms. The molecule has 2 fully saturated rings. The van der Waals surface area contributed by atoms with Gasteiger partial charge in [-0.1, -0.05) is 48.5 Å². The molecule has 2 amide bonds. The van der Waals surface area contributed by atoms with Crippen LogP contribution in [0.3, 0.4) is 0 Å². The van der Waals surface area contributed by atoms with Crippen LogP contribution in [0.4, 0.5) is 13.2 Å². The number of benzene rings is 2. The topological polar surface area (TPSA) is 58.6 Å². The van der Waals surface area contributed by atoms with Crippen LogP contribution in [-0.4, -0.2) is 49.6 Å². The van der Waals surface area contributed by atoms with E-state index in [1.807, 2.05) is 19.1 Å². The van der Waals surface area contributed by atoms with Gasteiger partial charge >= 0.3 is 6.18 Å². The second kappa shape index (κ2) is 9.30. The number of carbonyl (C=O) groups is 2. The van der Waals surface area contributed by atoms with Gasteiger partial charge in [-0.15, -0.1) is 0 Å². The van der Waals surface area contributed by atoms with Gasteiger partial charge in [0, 0.05) is 44.6 Å². The molecule has 2 aliphatic rings. The minimum Gasteiger partial charge on any atom is -0.356 e. The Morgan fingerprint density at radius 3 is 2.31 bits per heavy atom. The Kier molecular flexibility index (Phi) is 6.70. The van der Waals surface area contributed by atoms with Gasteiger partial charge in [-0.2, -0.15) is 13.2 Å². The molecule has 188 valence electrons. The summed E-state index contributed by atoms with van der Waals surface area (Å²) < 4.78 is 48.2. The van der Waals surface area contributed by atoms with E-state index in [0.717, 1.165) is 23.8 Å². The molecule has 2 aromatic carbocycles. The van der Waals surface area contributed by atoms with Crippen molar-refractivity contribution < 1.29 is 27.5 Å². The Morgan fingerprint density at radius 2 is 1.71 bits per heavy atom. The normalized spacial score (nSPS) is 21.9. The SMILES string of the molecule is CO[C@@](C(=O)N1CCC2(CC1)CC(=O)NC[C@@H]2c1cccc(C)c1C)(c1ccccc1)C(F)(F)F. The number of amides is 2. The number of nitrogens with one attached hydrogen (secondary N) is 1. The zero-order valence-corrected chi connectivity index (χ0v) is 20.2. The van der Waals surface area contributed by atoms with Crippen molar-refractivity contribution in [3.63, 3.8) is 0 Å². The highest BCUT2D eigenvalue weighted by Gasteiger charge is 2.64. The third-order valence-corrected chi connectivity index (χ3v) is 8.01. The first-order chi connectivity index (χ1) is 16.6. The van der Waals surface area contributed by atoms with Crippen LogP contribution in [0.5, 0.6) is 0 Å². The summed E-state index contributed by atoms with van der Waals surface area (Å²) in [6.07, 6.45) is -3.77. The van der Waals surface area contributed by atoms with Crippen molar-refractivity contribution in [1.29, 1.82) is 0 Å². The van der Waals surface area contributed by atoms with E-state index >= 15 is 0 Å². The third kappa shape index (κ3) is 4.22. The number of hydrogen-bond donors (Lipinski definition) is 1. The fourth-order valence-corrected chi connectivity index (χ4v) is 5.83. The minimum atomic E-state index is -4.94. The number of hydrogen-bond acceptors (Lipinski definition) is 3. The second-order valence-electron chi connectivity index (χ2n) is 9.73. The molecule has 8 heteroatoms. The van der Waals surface area contributed by atoms with E-state index in [-0.39, 0.29) is 30.5 Å². The van der Waals surface area contributed by atoms with Gasteiger partial charge in [0.1, 0.15) is 0 Å². The number of piperidine rings is 2. The summed E-state index contributed by atoms with van der Waals surface area (Å²) in [5, 5.41) is 2.97. The van der Waals surface area contributed by atoms with Gasteiger partial charge in [0.05, 0.1) is 0 Å². The molecular formula is C27H31F3N2O3. The van der Waals surface area contributed by atoms with Crippen molar-refractivity contribution in [2.45, 2.75) is 50.8 Å². The quantitative estimate of drug-likeness (QED) is 0.683. The highest BCUT2D eigenvalue weighted by Crippen LogP contribution is 2.51. The molecule has 0 radical (unpaired) electrons. The number of ether oxygens (including phenoxy) is 1. The zero-order valence-electron chi connectivity index (χ0n) is 20.2. The zero-order chi connectivity index (χ0) is 25.4. The molecule has 2 aromatic rings. The van der Waals surface area contributed by atoms with Crippen molar-refractivity contribution in [1.82, 2.24) is 10.2 Å². The molecule has 0 aliphatic carbocycles. The highest BCUT2D eigenvalue weighted by molar-refractivity contribution is 5.88. The highest BCUT2D eigenvalue weighted by atomic mass is 19.4. The van der Waals surface area contributed by atoms with Crippen LogP contribution in [0, 0.1) is 19.3 Å². The minimum absolute atomic E-state index is 0.0290. The molecule has 0 unspecified atom stereocenters. The molecule has 0 aromatic heterocycles. The monoisotopic (exact) mass is 488 g/mol. The summed E-state index contributed by atoms with van der Waals surface area (Å²) in [6, 6.07) is 13.2. The second-order valence-corrected chi connectivity index (χ2v) is 9.73. The lowest BCUT2D eigenvalue weighted by Gasteiger charge is -2.50. The van der Waals surface area contributed by atoms with Gasteiger partial charge in [-0.3, -0.25) is 9.59 Å². The smallest absolute Gasteiger partial charge is 0.356 e. The van der Waals surface area contributed by atoms with Gasteiger partial charge in [-0.25, -0.2) is 0 Å². The fourth-order valence-electron chi connectivity index (χ4n) is 5.83. The van der Waals surface area contributed by atoms with Crippen molar-refractivity contribution >= 4 is 11.8 Å². The third-order valence-electron chi connectivity index (χ3n) is 8.01. The van der Waals surface area contributed by atoms with E-state index in [0.29, 0.717) is 25.8 Å². The number of likely N-dealkylation sites (tertiary alicyclic amines) is 1. The summed E-state index contributed by atoms with van der Waals surface area (Å²) in [5.74, 6) is -1.14. The number of halogens is 3. The van der Waals surface area contributed by atoms with E-state index in [2.05, 4.69) is 18.3 Å². The number of methoxy groups -OCH3 is 1. The van der Waals surface area contributed by atoms with Crippen molar-refractivity contribution in [3.8, 4) is 0 Å². The van der Waals surface area contributed by atoms with E-state index in [1.165, 1.54) is 29.2 Å². The molecule has 1 N–H and O–H groups in total. The first kappa shape index (κ1) is 25.2. The van der Waals surface area contributed by atoms with E-state index in [4.69, 9.17) is 4.74 Å². The van der Waals surface area contributed by atoms with Crippen molar-refractivity contribution in [3.05, 3.63) is 70.8 Å². The molecule has 2 heterocycles. The van der Waals surface area contributed by atoms with Crippen LogP contribution in [0.2, 0.25) is 0 Å². The largest absolute Gasteiger partial charge is 0.430 e.